The van der Waals surface area contributed by atoms with E-state index in [1.54, 1.807) is 66.7 Å². The van der Waals surface area contributed by atoms with Crippen LogP contribution in [0.25, 0.3) is 0 Å². The Labute approximate surface area is 195 Å². The lowest BCUT2D eigenvalue weighted by molar-refractivity contribution is -0.147. The van der Waals surface area contributed by atoms with Gasteiger partial charge in [-0.1, -0.05) is 54.6 Å². The highest BCUT2D eigenvalue weighted by Crippen LogP contribution is 2.24. The van der Waals surface area contributed by atoms with Crippen molar-refractivity contribution >= 4 is 23.7 Å². The van der Waals surface area contributed by atoms with Gasteiger partial charge in [0.05, 0.1) is 16.7 Å². The molecule has 1 heterocycles. The molecule has 0 N–H and O–H groups in total. The van der Waals surface area contributed by atoms with E-state index in [1.165, 1.54) is 24.3 Å². The van der Waals surface area contributed by atoms with Gasteiger partial charge in [-0.15, -0.1) is 0 Å². The average molecular weight is 460 g/mol. The van der Waals surface area contributed by atoms with Gasteiger partial charge in [0.25, 0.3) is 6.29 Å². The van der Waals surface area contributed by atoms with Crippen LogP contribution >= 0.6 is 0 Å². The minimum Gasteiger partial charge on any atom is -0.459 e. The summed E-state index contributed by atoms with van der Waals surface area (Å²) in [6, 6.07) is 24.4. The van der Waals surface area contributed by atoms with Crippen molar-refractivity contribution in [3.05, 3.63) is 108 Å². The number of esters is 3. The fourth-order valence-corrected chi connectivity index (χ4v) is 3.27. The highest BCUT2D eigenvalue weighted by molar-refractivity contribution is 5.97. The van der Waals surface area contributed by atoms with Crippen molar-refractivity contribution in [2.45, 2.75) is 18.5 Å². The summed E-state index contributed by atoms with van der Waals surface area (Å²) in [6.45, 7) is -0.397. The zero-order chi connectivity index (χ0) is 23.9. The van der Waals surface area contributed by atoms with Crippen LogP contribution in [0.4, 0.5) is 0 Å². The van der Waals surface area contributed by atoms with Crippen LogP contribution in [-0.2, 0) is 23.7 Å². The minimum absolute atomic E-state index is 0.218. The van der Waals surface area contributed by atoms with Crippen LogP contribution in [0.3, 0.4) is 0 Å². The molecule has 0 aromatic heterocycles. The first-order valence-electron chi connectivity index (χ1n) is 10.5. The number of hydrogen-bond acceptors (Lipinski definition) is 8. The molecule has 8 nitrogen and oxygen atoms in total. The summed E-state index contributed by atoms with van der Waals surface area (Å²) >= 11 is 0. The summed E-state index contributed by atoms with van der Waals surface area (Å²) in [7, 11) is 0. The summed E-state index contributed by atoms with van der Waals surface area (Å²) < 4.78 is 21.4. The summed E-state index contributed by atoms with van der Waals surface area (Å²) in [6.07, 6.45) is -4.23. The second-order valence-electron chi connectivity index (χ2n) is 7.34. The van der Waals surface area contributed by atoms with Crippen molar-refractivity contribution in [1.29, 1.82) is 0 Å². The third kappa shape index (κ3) is 5.36. The SMILES string of the molecule is O=C(OC[C@H]1O[C@@H](OC(=O)c2ccccc2)C(=O)C1OC(=O)c1ccccc1)c1ccccc1. The van der Waals surface area contributed by atoms with Gasteiger partial charge in [0.15, 0.2) is 6.10 Å². The first kappa shape index (κ1) is 22.9. The highest BCUT2D eigenvalue weighted by atomic mass is 16.7. The summed E-state index contributed by atoms with van der Waals surface area (Å²) in [5.74, 6) is -2.96. The van der Waals surface area contributed by atoms with Gasteiger partial charge in [0.1, 0.15) is 12.7 Å². The van der Waals surface area contributed by atoms with Gasteiger partial charge in [-0.2, -0.15) is 0 Å². The molecular formula is C26H20O8. The Bertz CT molecular complexity index is 1160. The Balaban J connectivity index is 1.48. The average Bonchev–Trinajstić information content (AvgIpc) is 3.17. The standard InChI is InChI=1S/C26H20O8/c27-21-22(33-24(29)18-12-6-2-7-13-18)20(16-31-23(28)17-10-4-1-5-11-17)32-26(21)34-25(30)19-14-8-3-9-15-19/h1-15,20,22,26H,16H2/t20-,22?,26+/m1/s1. The number of Topliss-reactive ketones (excluding diaryl/α,β-unsaturated/α-hetero) is 1. The van der Waals surface area contributed by atoms with E-state index in [0.717, 1.165) is 0 Å². The zero-order valence-corrected chi connectivity index (χ0v) is 17.9. The number of benzene rings is 3. The van der Waals surface area contributed by atoms with Crippen molar-refractivity contribution in [3.63, 3.8) is 0 Å². The topological polar surface area (TPSA) is 105 Å². The lowest BCUT2D eigenvalue weighted by Gasteiger charge is -2.17. The molecule has 3 atom stereocenters. The predicted octanol–water partition coefficient (Wildman–Crippen LogP) is 3.22. The molecule has 0 bridgehead atoms. The van der Waals surface area contributed by atoms with Crippen LogP contribution in [0.2, 0.25) is 0 Å². The fourth-order valence-electron chi connectivity index (χ4n) is 3.27. The summed E-state index contributed by atoms with van der Waals surface area (Å²) in [4.78, 5) is 50.2. The predicted molar refractivity (Wildman–Crippen MR) is 118 cm³/mol. The molecule has 0 spiro atoms. The van der Waals surface area contributed by atoms with Gasteiger partial charge < -0.3 is 18.9 Å². The molecule has 172 valence electrons. The van der Waals surface area contributed by atoms with E-state index in [-0.39, 0.29) is 11.1 Å². The maximum Gasteiger partial charge on any atom is 0.340 e. The van der Waals surface area contributed by atoms with Gasteiger partial charge >= 0.3 is 17.9 Å². The van der Waals surface area contributed by atoms with Crippen molar-refractivity contribution in [1.82, 2.24) is 0 Å². The van der Waals surface area contributed by atoms with Crippen LogP contribution in [0.15, 0.2) is 91.0 Å². The minimum atomic E-state index is -1.62. The number of hydrogen-bond donors (Lipinski definition) is 0. The van der Waals surface area contributed by atoms with Gasteiger partial charge in [-0.25, -0.2) is 14.4 Å². The molecule has 1 aliphatic heterocycles. The number of carbonyl (C=O) groups excluding carboxylic acids is 4. The summed E-state index contributed by atoms with van der Waals surface area (Å²) in [5, 5.41) is 0. The molecule has 1 fully saturated rings. The largest absolute Gasteiger partial charge is 0.459 e. The van der Waals surface area contributed by atoms with Crippen LogP contribution in [-0.4, -0.2) is 48.8 Å². The number of carbonyl (C=O) groups is 4. The third-order valence-corrected chi connectivity index (χ3v) is 5.00. The summed E-state index contributed by atoms with van der Waals surface area (Å²) in [5.41, 5.74) is 0.743. The molecule has 0 radical (unpaired) electrons. The molecule has 3 aromatic carbocycles. The van der Waals surface area contributed by atoms with Gasteiger partial charge in [-0.3, -0.25) is 4.79 Å². The van der Waals surface area contributed by atoms with Crippen molar-refractivity contribution in [2.75, 3.05) is 6.61 Å². The van der Waals surface area contributed by atoms with E-state index in [2.05, 4.69) is 0 Å². The molecule has 1 saturated heterocycles. The van der Waals surface area contributed by atoms with E-state index in [9.17, 15) is 19.2 Å². The number of rotatable bonds is 7. The van der Waals surface area contributed by atoms with Crippen molar-refractivity contribution in [2.24, 2.45) is 0 Å². The van der Waals surface area contributed by atoms with Gasteiger partial charge in [0.2, 0.25) is 5.78 Å². The fraction of sp³-hybridized carbons (Fsp3) is 0.154. The molecule has 1 aliphatic rings. The zero-order valence-electron chi connectivity index (χ0n) is 17.9. The molecule has 4 rings (SSSR count). The molecule has 34 heavy (non-hydrogen) atoms. The van der Waals surface area contributed by atoms with Crippen LogP contribution in [0, 0.1) is 0 Å². The van der Waals surface area contributed by atoms with Crippen LogP contribution < -0.4 is 0 Å². The van der Waals surface area contributed by atoms with Gasteiger partial charge in [-0.05, 0) is 36.4 Å². The normalized spacial score (nSPS) is 19.3. The molecule has 8 heteroatoms. The Morgan fingerprint density at radius 3 is 1.59 bits per heavy atom. The van der Waals surface area contributed by atoms with E-state index < -0.39 is 48.8 Å². The smallest absolute Gasteiger partial charge is 0.340 e. The Morgan fingerprint density at radius 1 is 0.647 bits per heavy atom. The van der Waals surface area contributed by atoms with E-state index in [4.69, 9.17) is 18.9 Å². The lowest BCUT2D eigenvalue weighted by Crippen LogP contribution is -2.36. The molecule has 0 amide bonds. The van der Waals surface area contributed by atoms with Gasteiger partial charge in [0, 0.05) is 0 Å². The molecule has 0 saturated carbocycles. The monoisotopic (exact) mass is 460 g/mol. The second-order valence-corrected chi connectivity index (χ2v) is 7.34. The van der Waals surface area contributed by atoms with Crippen LogP contribution in [0.5, 0.6) is 0 Å². The lowest BCUT2D eigenvalue weighted by atomic mass is 10.1. The Kier molecular flexibility index (Phi) is 7.10. The van der Waals surface area contributed by atoms with Crippen LogP contribution in [0.1, 0.15) is 31.1 Å². The first-order chi connectivity index (χ1) is 16.5. The quantitative estimate of drug-likeness (QED) is 0.391. The molecule has 1 unspecified atom stereocenters. The van der Waals surface area contributed by atoms with Crippen molar-refractivity contribution < 1.29 is 38.1 Å². The second kappa shape index (κ2) is 10.5. The number of ether oxygens (including phenoxy) is 4. The Morgan fingerprint density at radius 2 is 1.09 bits per heavy atom. The molecule has 3 aromatic rings. The van der Waals surface area contributed by atoms with E-state index >= 15 is 0 Å². The molecule has 0 aliphatic carbocycles. The Hall–Kier alpha value is -4.30. The maximum absolute atomic E-state index is 12.9. The van der Waals surface area contributed by atoms with E-state index in [0.29, 0.717) is 5.56 Å². The highest BCUT2D eigenvalue weighted by Gasteiger charge is 2.49. The van der Waals surface area contributed by atoms with E-state index in [1.807, 2.05) is 0 Å². The first-order valence-corrected chi connectivity index (χ1v) is 10.5. The molecular weight excluding hydrogens is 440 g/mol. The third-order valence-electron chi connectivity index (χ3n) is 5.00. The maximum atomic E-state index is 12.9. The van der Waals surface area contributed by atoms with Crippen molar-refractivity contribution in [3.8, 4) is 0 Å². The number of ketones is 1.